The van der Waals surface area contributed by atoms with E-state index in [2.05, 4.69) is 40.9 Å². The van der Waals surface area contributed by atoms with Crippen molar-refractivity contribution in [2.24, 2.45) is 0 Å². The molecule has 5 heteroatoms. The highest BCUT2D eigenvalue weighted by molar-refractivity contribution is 7.15. The molecule has 18 heavy (non-hydrogen) atoms. The molecule has 0 aromatic carbocycles. The highest BCUT2D eigenvalue weighted by atomic mass is 32.1. The van der Waals surface area contributed by atoms with Gasteiger partial charge < -0.3 is 5.32 Å². The van der Waals surface area contributed by atoms with E-state index in [1.807, 2.05) is 6.20 Å². The van der Waals surface area contributed by atoms with E-state index in [1.165, 1.54) is 31.1 Å². The molecule has 4 nitrogen and oxygen atoms in total. The average Bonchev–Trinajstić information content (AvgIpc) is 2.78. The van der Waals surface area contributed by atoms with Crippen molar-refractivity contribution in [1.82, 2.24) is 14.8 Å². The minimum absolute atomic E-state index is 0.677. The van der Waals surface area contributed by atoms with Crippen LogP contribution in [0.25, 0.3) is 0 Å². The van der Waals surface area contributed by atoms with Crippen molar-refractivity contribution in [3.8, 4) is 0 Å². The molecule has 102 valence electrons. The van der Waals surface area contributed by atoms with Crippen LogP contribution in [-0.2, 0) is 6.54 Å². The molecule has 1 aliphatic heterocycles. The Bertz CT molecular complexity index is 356. The number of hydrogen-bond acceptors (Lipinski definition) is 5. The summed E-state index contributed by atoms with van der Waals surface area (Å²) in [5.41, 5.74) is 0. The first-order chi connectivity index (χ1) is 8.69. The summed E-state index contributed by atoms with van der Waals surface area (Å²) in [6.45, 7) is 13.4. The summed E-state index contributed by atoms with van der Waals surface area (Å²) in [5, 5.41) is 4.32. The van der Waals surface area contributed by atoms with Gasteiger partial charge in [-0.25, -0.2) is 4.98 Å². The molecule has 0 saturated carbocycles. The van der Waals surface area contributed by atoms with Crippen molar-refractivity contribution in [1.29, 1.82) is 0 Å². The Labute approximate surface area is 114 Å². The van der Waals surface area contributed by atoms with E-state index in [0.717, 1.165) is 18.2 Å². The Morgan fingerprint density at radius 3 is 2.67 bits per heavy atom. The summed E-state index contributed by atoms with van der Waals surface area (Å²) in [7, 11) is 0. The molecular weight excluding hydrogens is 244 g/mol. The van der Waals surface area contributed by atoms with Crippen LogP contribution in [0.1, 0.15) is 25.6 Å². The second-order valence-electron chi connectivity index (χ2n) is 5.07. The number of aromatic nitrogens is 1. The molecule has 1 N–H and O–H groups in total. The fourth-order valence-electron chi connectivity index (χ4n) is 2.27. The Balaban J connectivity index is 1.80. The lowest BCUT2D eigenvalue weighted by atomic mass is 10.2. The quantitative estimate of drug-likeness (QED) is 0.886. The van der Waals surface area contributed by atoms with E-state index in [9.17, 15) is 0 Å². The lowest BCUT2D eigenvalue weighted by Gasteiger charge is -2.36. The molecule has 1 saturated heterocycles. The maximum absolute atomic E-state index is 4.38. The standard InChI is InChI=1S/C13H24N4S/c1-4-14-13-15-9-12(18-13)10-16-5-7-17(8-6-16)11(2)3/h9,11H,4-8,10H2,1-3H3,(H,14,15). The van der Waals surface area contributed by atoms with Crippen LogP contribution >= 0.6 is 11.3 Å². The molecule has 1 aliphatic rings. The van der Waals surface area contributed by atoms with Crippen molar-refractivity contribution in [2.45, 2.75) is 33.4 Å². The van der Waals surface area contributed by atoms with Gasteiger partial charge in [-0.3, -0.25) is 9.80 Å². The van der Waals surface area contributed by atoms with Gasteiger partial charge in [0.2, 0.25) is 0 Å². The summed E-state index contributed by atoms with van der Waals surface area (Å²) in [5.74, 6) is 0. The molecule has 1 aromatic rings. The van der Waals surface area contributed by atoms with E-state index in [-0.39, 0.29) is 0 Å². The molecule has 0 bridgehead atoms. The summed E-state index contributed by atoms with van der Waals surface area (Å²) in [4.78, 5) is 10.8. The summed E-state index contributed by atoms with van der Waals surface area (Å²) < 4.78 is 0. The smallest absolute Gasteiger partial charge is 0.182 e. The first-order valence-electron chi connectivity index (χ1n) is 6.84. The van der Waals surface area contributed by atoms with Gasteiger partial charge >= 0.3 is 0 Å². The lowest BCUT2D eigenvalue weighted by molar-refractivity contribution is 0.105. The van der Waals surface area contributed by atoms with Crippen LogP contribution in [0.5, 0.6) is 0 Å². The van der Waals surface area contributed by atoms with Gasteiger partial charge in [0, 0.05) is 56.4 Å². The van der Waals surface area contributed by atoms with E-state index < -0.39 is 0 Å². The molecule has 0 unspecified atom stereocenters. The average molecular weight is 268 g/mol. The van der Waals surface area contributed by atoms with Gasteiger partial charge in [0.05, 0.1) is 0 Å². The fraction of sp³-hybridized carbons (Fsp3) is 0.769. The van der Waals surface area contributed by atoms with Gasteiger partial charge in [0.15, 0.2) is 5.13 Å². The third-order valence-electron chi connectivity index (χ3n) is 3.40. The Hall–Kier alpha value is -0.650. The van der Waals surface area contributed by atoms with E-state index in [1.54, 1.807) is 11.3 Å². The van der Waals surface area contributed by atoms with Gasteiger partial charge in [-0.1, -0.05) is 0 Å². The van der Waals surface area contributed by atoms with E-state index in [0.29, 0.717) is 6.04 Å². The third-order valence-corrected chi connectivity index (χ3v) is 4.34. The molecular formula is C13H24N4S. The number of rotatable bonds is 5. The molecule has 2 heterocycles. The van der Waals surface area contributed by atoms with Gasteiger partial charge in [-0.2, -0.15) is 0 Å². The van der Waals surface area contributed by atoms with Crippen LogP contribution in [-0.4, -0.2) is 53.5 Å². The van der Waals surface area contributed by atoms with Crippen molar-refractivity contribution >= 4 is 16.5 Å². The summed E-state index contributed by atoms with van der Waals surface area (Å²) in [6.07, 6.45) is 2.01. The number of piperazine rings is 1. The highest BCUT2D eigenvalue weighted by Crippen LogP contribution is 2.20. The maximum atomic E-state index is 4.38. The molecule has 0 amide bonds. The lowest BCUT2D eigenvalue weighted by Crippen LogP contribution is -2.48. The molecule has 1 aromatic heterocycles. The number of thiazole rings is 1. The first kappa shape index (κ1) is 13.8. The largest absolute Gasteiger partial charge is 0.362 e. The predicted octanol–water partition coefficient (Wildman–Crippen LogP) is 2.10. The van der Waals surface area contributed by atoms with Crippen LogP contribution in [0.2, 0.25) is 0 Å². The van der Waals surface area contributed by atoms with E-state index >= 15 is 0 Å². The zero-order valence-electron chi connectivity index (χ0n) is 11.6. The van der Waals surface area contributed by atoms with Gasteiger partial charge in [-0.15, -0.1) is 11.3 Å². The zero-order valence-corrected chi connectivity index (χ0v) is 12.5. The van der Waals surface area contributed by atoms with Crippen molar-refractivity contribution in [3.05, 3.63) is 11.1 Å². The van der Waals surface area contributed by atoms with Crippen LogP contribution in [0.4, 0.5) is 5.13 Å². The minimum atomic E-state index is 0.677. The molecule has 0 spiro atoms. The Kier molecular flexibility index (Phi) is 4.97. The maximum Gasteiger partial charge on any atom is 0.182 e. The second-order valence-corrected chi connectivity index (χ2v) is 6.18. The van der Waals surface area contributed by atoms with Crippen LogP contribution < -0.4 is 5.32 Å². The SMILES string of the molecule is CCNc1ncc(CN2CCN(C(C)C)CC2)s1. The van der Waals surface area contributed by atoms with E-state index in [4.69, 9.17) is 0 Å². The van der Waals surface area contributed by atoms with Crippen molar-refractivity contribution < 1.29 is 0 Å². The van der Waals surface area contributed by atoms with Crippen molar-refractivity contribution in [2.75, 3.05) is 38.0 Å². The number of nitrogens with one attached hydrogen (secondary N) is 1. The molecule has 2 rings (SSSR count). The fourth-order valence-corrected chi connectivity index (χ4v) is 3.19. The van der Waals surface area contributed by atoms with Gasteiger partial charge in [0.1, 0.15) is 0 Å². The second kappa shape index (κ2) is 6.50. The van der Waals surface area contributed by atoms with Crippen LogP contribution in [0, 0.1) is 0 Å². The molecule has 0 aliphatic carbocycles. The number of anilines is 1. The normalized spacial score (nSPS) is 18.4. The number of nitrogens with zero attached hydrogens (tertiary/aromatic N) is 3. The van der Waals surface area contributed by atoms with Crippen LogP contribution in [0.3, 0.4) is 0 Å². The monoisotopic (exact) mass is 268 g/mol. The third kappa shape index (κ3) is 3.67. The molecule has 0 radical (unpaired) electrons. The topological polar surface area (TPSA) is 31.4 Å². The predicted molar refractivity (Wildman–Crippen MR) is 78.3 cm³/mol. The minimum Gasteiger partial charge on any atom is -0.362 e. The van der Waals surface area contributed by atoms with Gasteiger partial charge in [-0.05, 0) is 20.8 Å². The van der Waals surface area contributed by atoms with Gasteiger partial charge in [0.25, 0.3) is 0 Å². The Morgan fingerprint density at radius 1 is 1.33 bits per heavy atom. The Morgan fingerprint density at radius 2 is 2.06 bits per heavy atom. The molecule has 1 fully saturated rings. The van der Waals surface area contributed by atoms with Crippen LogP contribution in [0.15, 0.2) is 6.20 Å². The highest BCUT2D eigenvalue weighted by Gasteiger charge is 2.19. The van der Waals surface area contributed by atoms with Crippen molar-refractivity contribution in [3.63, 3.8) is 0 Å². The summed E-state index contributed by atoms with van der Waals surface area (Å²) in [6, 6.07) is 0.677. The number of hydrogen-bond donors (Lipinski definition) is 1. The first-order valence-corrected chi connectivity index (χ1v) is 7.65. The molecule has 0 atom stereocenters. The summed E-state index contributed by atoms with van der Waals surface area (Å²) >= 11 is 1.78. The zero-order chi connectivity index (χ0) is 13.0.